The van der Waals surface area contributed by atoms with Crippen LogP contribution >= 0.6 is 0 Å². The van der Waals surface area contributed by atoms with E-state index in [9.17, 15) is 0 Å². The van der Waals surface area contributed by atoms with Crippen molar-refractivity contribution in [2.75, 3.05) is 34.3 Å². The molecule has 1 heterocycles. The lowest BCUT2D eigenvalue weighted by molar-refractivity contribution is 0.231. The van der Waals surface area contributed by atoms with Crippen LogP contribution < -0.4 is 4.74 Å². The summed E-state index contributed by atoms with van der Waals surface area (Å²) in [5.41, 5.74) is 4.39. The molecule has 0 unspecified atom stereocenters. The SMILES string of the molecule is COc1cc2c(cc1CN(C)[C@@H]1CCN(C)C1)CCC2. The van der Waals surface area contributed by atoms with Crippen molar-refractivity contribution in [2.24, 2.45) is 0 Å². The molecule has 1 atom stereocenters. The van der Waals surface area contributed by atoms with Gasteiger partial charge in [0, 0.05) is 24.7 Å². The van der Waals surface area contributed by atoms with Crippen LogP contribution in [0, 0.1) is 0 Å². The zero-order valence-electron chi connectivity index (χ0n) is 13.0. The standard InChI is InChI=1S/C17H26N2O/c1-18-8-7-16(12-18)19(2)11-15-9-13-5-4-6-14(13)10-17(15)20-3/h9-10,16H,4-8,11-12H2,1-3H3/t16-/m1/s1. The highest BCUT2D eigenvalue weighted by molar-refractivity contribution is 5.44. The minimum Gasteiger partial charge on any atom is -0.496 e. The van der Waals surface area contributed by atoms with E-state index < -0.39 is 0 Å². The monoisotopic (exact) mass is 274 g/mol. The third-order valence-corrected chi connectivity index (χ3v) is 4.90. The molecule has 0 aromatic heterocycles. The number of rotatable bonds is 4. The maximum absolute atomic E-state index is 5.62. The molecule has 3 heteroatoms. The highest BCUT2D eigenvalue weighted by Gasteiger charge is 2.24. The first kappa shape index (κ1) is 13.9. The Morgan fingerprint density at radius 2 is 2.05 bits per heavy atom. The van der Waals surface area contributed by atoms with E-state index in [0.29, 0.717) is 6.04 Å². The van der Waals surface area contributed by atoms with Gasteiger partial charge in [0.2, 0.25) is 0 Å². The number of hydrogen-bond acceptors (Lipinski definition) is 3. The molecule has 20 heavy (non-hydrogen) atoms. The Balaban J connectivity index is 1.76. The number of ether oxygens (including phenoxy) is 1. The summed E-state index contributed by atoms with van der Waals surface area (Å²) in [4.78, 5) is 4.91. The first-order valence-electron chi connectivity index (χ1n) is 7.75. The topological polar surface area (TPSA) is 15.7 Å². The molecule has 2 aliphatic rings. The predicted molar refractivity (Wildman–Crippen MR) is 82.4 cm³/mol. The highest BCUT2D eigenvalue weighted by Crippen LogP contribution is 2.31. The Morgan fingerprint density at radius 1 is 1.30 bits per heavy atom. The summed E-state index contributed by atoms with van der Waals surface area (Å²) in [6.45, 7) is 3.40. The van der Waals surface area contributed by atoms with Gasteiger partial charge in [0.05, 0.1) is 7.11 Å². The van der Waals surface area contributed by atoms with Gasteiger partial charge in [0.1, 0.15) is 5.75 Å². The number of nitrogens with zero attached hydrogens (tertiary/aromatic N) is 2. The third-order valence-electron chi connectivity index (χ3n) is 4.90. The van der Waals surface area contributed by atoms with E-state index in [4.69, 9.17) is 4.74 Å². The maximum atomic E-state index is 5.62. The first-order valence-corrected chi connectivity index (χ1v) is 7.75. The summed E-state index contributed by atoms with van der Waals surface area (Å²) in [7, 11) is 6.25. The van der Waals surface area contributed by atoms with E-state index in [1.807, 2.05) is 0 Å². The Labute approximate surface area is 122 Å². The van der Waals surface area contributed by atoms with Crippen LogP contribution in [0.1, 0.15) is 29.5 Å². The van der Waals surface area contributed by atoms with Crippen molar-refractivity contribution in [3.8, 4) is 5.75 Å². The van der Waals surface area contributed by atoms with Gasteiger partial charge in [-0.15, -0.1) is 0 Å². The minimum atomic E-state index is 0.679. The Bertz CT molecular complexity index is 486. The van der Waals surface area contributed by atoms with Gasteiger partial charge in [-0.25, -0.2) is 0 Å². The number of likely N-dealkylation sites (tertiary alicyclic amines) is 1. The van der Waals surface area contributed by atoms with Crippen molar-refractivity contribution in [1.29, 1.82) is 0 Å². The van der Waals surface area contributed by atoms with E-state index in [1.54, 1.807) is 7.11 Å². The zero-order valence-corrected chi connectivity index (χ0v) is 13.0. The van der Waals surface area contributed by atoms with Gasteiger partial charge < -0.3 is 9.64 Å². The lowest BCUT2D eigenvalue weighted by Gasteiger charge is -2.25. The Kier molecular flexibility index (Phi) is 3.99. The van der Waals surface area contributed by atoms with Crippen molar-refractivity contribution in [1.82, 2.24) is 9.80 Å². The van der Waals surface area contributed by atoms with Crippen LogP contribution in [0.2, 0.25) is 0 Å². The molecular weight excluding hydrogens is 248 g/mol. The number of methoxy groups -OCH3 is 1. The molecule has 1 fully saturated rings. The predicted octanol–water partition coefficient (Wildman–Crippen LogP) is 2.32. The quantitative estimate of drug-likeness (QED) is 0.838. The Morgan fingerprint density at radius 3 is 2.70 bits per heavy atom. The molecule has 1 saturated heterocycles. The maximum Gasteiger partial charge on any atom is 0.123 e. The van der Waals surface area contributed by atoms with Crippen molar-refractivity contribution in [3.63, 3.8) is 0 Å². The number of benzene rings is 1. The molecule has 1 aromatic rings. The van der Waals surface area contributed by atoms with Gasteiger partial charge in [0.15, 0.2) is 0 Å². The van der Waals surface area contributed by atoms with E-state index in [2.05, 4.69) is 36.0 Å². The van der Waals surface area contributed by atoms with Crippen LogP contribution in [-0.4, -0.2) is 50.1 Å². The minimum absolute atomic E-state index is 0.679. The van der Waals surface area contributed by atoms with E-state index in [-0.39, 0.29) is 0 Å². The molecule has 1 aliphatic heterocycles. The van der Waals surface area contributed by atoms with Crippen LogP contribution in [0.25, 0.3) is 0 Å². The van der Waals surface area contributed by atoms with E-state index in [0.717, 1.165) is 12.3 Å². The van der Waals surface area contributed by atoms with Gasteiger partial charge in [-0.2, -0.15) is 0 Å². The van der Waals surface area contributed by atoms with Gasteiger partial charge in [-0.05, 0) is 63.5 Å². The smallest absolute Gasteiger partial charge is 0.123 e. The average molecular weight is 274 g/mol. The fourth-order valence-corrected chi connectivity index (χ4v) is 3.64. The number of fused-ring (bicyclic) bond motifs is 1. The van der Waals surface area contributed by atoms with Crippen molar-refractivity contribution in [2.45, 2.75) is 38.3 Å². The number of hydrogen-bond donors (Lipinski definition) is 0. The van der Waals surface area contributed by atoms with Crippen LogP contribution in [0.15, 0.2) is 12.1 Å². The molecule has 110 valence electrons. The largest absolute Gasteiger partial charge is 0.496 e. The highest BCUT2D eigenvalue weighted by atomic mass is 16.5. The molecule has 0 amide bonds. The number of aryl methyl sites for hydroxylation is 2. The second-order valence-corrected chi connectivity index (χ2v) is 6.41. The molecular formula is C17H26N2O. The molecule has 1 aliphatic carbocycles. The van der Waals surface area contributed by atoms with Crippen LogP contribution in [0.3, 0.4) is 0 Å². The molecule has 3 nitrogen and oxygen atoms in total. The third kappa shape index (κ3) is 2.70. The second kappa shape index (κ2) is 5.74. The summed E-state index contributed by atoms with van der Waals surface area (Å²) >= 11 is 0. The normalized spacial score (nSPS) is 22.5. The fraction of sp³-hybridized carbons (Fsp3) is 0.647. The molecule has 0 radical (unpaired) electrons. The van der Waals surface area contributed by atoms with E-state index >= 15 is 0 Å². The molecule has 0 bridgehead atoms. The van der Waals surface area contributed by atoms with Gasteiger partial charge in [-0.1, -0.05) is 6.07 Å². The average Bonchev–Trinajstić information content (AvgIpc) is 3.05. The van der Waals surface area contributed by atoms with Crippen molar-refractivity contribution in [3.05, 3.63) is 28.8 Å². The zero-order chi connectivity index (χ0) is 14.1. The summed E-state index contributed by atoms with van der Waals surface area (Å²) in [6, 6.07) is 5.33. The lowest BCUT2D eigenvalue weighted by Crippen LogP contribution is -2.33. The number of likely N-dealkylation sites (N-methyl/N-ethyl adjacent to an activating group) is 2. The molecule has 0 saturated carbocycles. The second-order valence-electron chi connectivity index (χ2n) is 6.41. The first-order chi connectivity index (χ1) is 9.67. The molecule has 0 N–H and O–H groups in total. The van der Waals surface area contributed by atoms with E-state index in [1.165, 1.54) is 55.5 Å². The Hall–Kier alpha value is -1.06. The van der Waals surface area contributed by atoms with Gasteiger partial charge in [-0.3, -0.25) is 4.90 Å². The summed E-state index contributed by atoms with van der Waals surface area (Å²) in [5, 5.41) is 0. The lowest BCUT2D eigenvalue weighted by atomic mass is 10.0. The molecule has 1 aromatic carbocycles. The van der Waals surface area contributed by atoms with Gasteiger partial charge >= 0.3 is 0 Å². The van der Waals surface area contributed by atoms with Crippen LogP contribution in [0.5, 0.6) is 5.75 Å². The van der Waals surface area contributed by atoms with Crippen LogP contribution in [-0.2, 0) is 19.4 Å². The molecule has 3 rings (SSSR count). The van der Waals surface area contributed by atoms with Crippen molar-refractivity contribution < 1.29 is 4.74 Å². The van der Waals surface area contributed by atoms with Crippen LogP contribution in [0.4, 0.5) is 0 Å². The molecule has 0 spiro atoms. The van der Waals surface area contributed by atoms with Crippen molar-refractivity contribution >= 4 is 0 Å². The summed E-state index contributed by atoms with van der Waals surface area (Å²) in [5.74, 6) is 1.07. The fourth-order valence-electron chi connectivity index (χ4n) is 3.64. The summed E-state index contributed by atoms with van der Waals surface area (Å²) in [6.07, 6.45) is 5.03. The van der Waals surface area contributed by atoms with Gasteiger partial charge in [0.25, 0.3) is 0 Å². The summed E-state index contributed by atoms with van der Waals surface area (Å²) < 4.78 is 5.62.